The van der Waals surface area contributed by atoms with Crippen molar-refractivity contribution in [3.8, 4) is 11.1 Å². The van der Waals surface area contributed by atoms with Gasteiger partial charge in [0, 0.05) is 29.3 Å². The molecule has 3 rings (SSSR count). The number of rotatable bonds is 5. The van der Waals surface area contributed by atoms with E-state index in [0.717, 1.165) is 35.2 Å². The Morgan fingerprint density at radius 3 is 2.34 bits per heavy atom. The lowest BCUT2D eigenvalue weighted by atomic mass is 9.93. The molecule has 0 bridgehead atoms. The highest BCUT2D eigenvalue weighted by Gasteiger charge is 2.44. The summed E-state index contributed by atoms with van der Waals surface area (Å²) in [6.07, 6.45) is 1.59. The predicted molar refractivity (Wildman–Crippen MR) is 111 cm³/mol. The van der Waals surface area contributed by atoms with Gasteiger partial charge in [0.2, 0.25) is 0 Å². The van der Waals surface area contributed by atoms with E-state index in [1.165, 1.54) is 0 Å². The molecule has 1 heterocycles. The Bertz CT molecular complexity index is 942. The molecule has 1 aromatic carbocycles. The largest absolute Gasteiger partial charge is 0.444 e. The molecule has 0 aliphatic heterocycles. The predicted octanol–water partition coefficient (Wildman–Crippen LogP) is 4.83. The van der Waals surface area contributed by atoms with Crippen LogP contribution in [0.5, 0.6) is 0 Å². The van der Waals surface area contributed by atoms with E-state index in [4.69, 9.17) is 4.74 Å². The van der Waals surface area contributed by atoms with Crippen molar-refractivity contribution in [3.05, 3.63) is 57.4 Å². The van der Waals surface area contributed by atoms with E-state index in [1.807, 2.05) is 52.0 Å². The van der Waals surface area contributed by atoms with Gasteiger partial charge in [-0.25, -0.2) is 4.79 Å². The summed E-state index contributed by atoms with van der Waals surface area (Å²) in [5.74, 6) is 0. The molecule has 0 unspecified atom stereocenters. The van der Waals surface area contributed by atoms with Crippen molar-refractivity contribution in [1.82, 2.24) is 10.3 Å². The number of carbonyl (C=O) groups excluding carboxylic acids is 1. The third-order valence-electron chi connectivity index (χ3n) is 5.21. The fraction of sp³-hybridized carbons (Fsp3) is 0.455. The lowest BCUT2D eigenvalue weighted by Gasteiger charge is -2.22. The molecule has 7 nitrogen and oxygen atoms in total. The second-order valence-electron chi connectivity index (χ2n) is 8.70. The molecule has 1 fully saturated rings. The number of nitro groups is 1. The molecule has 0 spiro atoms. The van der Waals surface area contributed by atoms with Crippen LogP contribution in [-0.2, 0) is 10.2 Å². The molecule has 1 N–H and O–H groups in total. The Morgan fingerprint density at radius 2 is 1.83 bits per heavy atom. The quantitative estimate of drug-likeness (QED) is 0.576. The molecule has 0 radical (unpaired) electrons. The monoisotopic (exact) mass is 397 g/mol. The molecular formula is C22H27N3O4. The van der Waals surface area contributed by atoms with Gasteiger partial charge in [-0.15, -0.1) is 0 Å². The number of aromatic nitrogens is 1. The SMILES string of the molecule is Cc1nc(C)c([N+](=O)[O-])cc1-c1ccc(C2(CNC(=O)OC(C)(C)C)CC2)cc1. The van der Waals surface area contributed by atoms with E-state index in [1.54, 1.807) is 13.0 Å². The molecule has 1 saturated carbocycles. The van der Waals surface area contributed by atoms with E-state index in [0.29, 0.717) is 12.2 Å². The first-order valence-electron chi connectivity index (χ1n) is 9.71. The number of alkyl carbamates (subject to hydrolysis) is 1. The third-order valence-corrected chi connectivity index (χ3v) is 5.21. The molecule has 1 aromatic heterocycles. The van der Waals surface area contributed by atoms with Crippen LogP contribution in [0.4, 0.5) is 10.5 Å². The van der Waals surface area contributed by atoms with Crippen molar-refractivity contribution >= 4 is 11.8 Å². The second-order valence-corrected chi connectivity index (χ2v) is 8.70. The summed E-state index contributed by atoms with van der Waals surface area (Å²) in [7, 11) is 0. The molecule has 29 heavy (non-hydrogen) atoms. The number of benzene rings is 1. The number of ether oxygens (including phenoxy) is 1. The topological polar surface area (TPSA) is 94.4 Å². The van der Waals surface area contributed by atoms with Crippen LogP contribution in [-0.4, -0.2) is 28.1 Å². The standard InChI is InChI=1S/C22H27N3O4/c1-14-18(12-19(25(27)28)15(2)24-14)16-6-8-17(9-7-16)22(10-11-22)13-23-20(26)29-21(3,4)5/h6-9,12H,10-11,13H2,1-5H3,(H,23,26). The smallest absolute Gasteiger partial charge is 0.407 e. The van der Waals surface area contributed by atoms with Crippen molar-refractivity contribution < 1.29 is 14.5 Å². The van der Waals surface area contributed by atoms with Crippen LogP contribution >= 0.6 is 0 Å². The average Bonchev–Trinajstić information content (AvgIpc) is 3.40. The van der Waals surface area contributed by atoms with Gasteiger partial charge in [0.05, 0.1) is 4.92 Å². The van der Waals surface area contributed by atoms with Crippen molar-refractivity contribution in [2.24, 2.45) is 0 Å². The molecule has 2 aromatic rings. The number of pyridine rings is 1. The zero-order valence-corrected chi connectivity index (χ0v) is 17.5. The van der Waals surface area contributed by atoms with E-state index in [9.17, 15) is 14.9 Å². The van der Waals surface area contributed by atoms with Crippen LogP contribution < -0.4 is 5.32 Å². The van der Waals surface area contributed by atoms with Crippen LogP contribution in [0.3, 0.4) is 0 Å². The summed E-state index contributed by atoms with van der Waals surface area (Å²) in [6.45, 7) is 9.54. The lowest BCUT2D eigenvalue weighted by molar-refractivity contribution is -0.385. The molecule has 0 atom stereocenters. The number of nitrogens with one attached hydrogen (secondary N) is 1. The molecular weight excluding hydrogens is 370 g/mol. The van der Waals surface area contributed by atoms with Crippen LogP contribution in [0.15, 0.2) is 30.3 Å². The summed E-state index contributed by atoms with van der Waals surface area (Å²) in [5, 5.41) is 14.1. The Kier molecular flexibility index (Phi) is 5.34. The number of amides is 1. The first kappa shape index (κ1) is 20.8. The van der Waals surface area contributed by atoms with Crippen molar-refractivity contribution in [2.45, 2.75) is 58.5 Å². The lowest BCUT2D eigenvalue weighted by Crippen LogP contribution is -2.37. The molecule has 1 aliphatic carbocycles. The zero-order valence-electron chi connectivity index (χ0n) is 17.5. The van der Waals surface area contributed by atoms with Gasteiger partial charge in [-0.05, 0) is 58.6 Å². The van der Waals surface area contributed by atoms with Gasteiger partial charge in [0.25, 0.3) is 5.69 Å². The highest BCUT2D eigenvalue weighted by molar-refractivity contribution is 5.70. The summed E-state index contributed by atoms with van der Waals surface area (Å²) >= 11 is 0. The number of nitrogens with zero attached hydrogens (tertiary/aromatic N) is 2. The Balaban J connectivity index is 1.76. The van der Waals surface area contributed by atoms with Crippen molar-refractivity contribution in [2.75, 3.05) is 6.54 Å². The van der Waals surface area contributed by atoms with Crippen LogP contribution in [0, 0.1) is 24.0 Å². The van der Waals surface area contributed by atoms with Crippen LogP contribution in [0.2, 0.25) is 0 Å². The van der Waals surface area contributed by atoms with Crippen molar-refractivity contribution in [1.29, 1.82) is 0 Å². The maximum atomic E-state index is 12.0. The van der Waals surface area contributed by atoms with Crippen molar-refractivity contribution in [3.63, 3.8) is 0 Å². The molecule has 1 aliphatic rings. The number of aryl methyl sites for hydroxylation is 2. The Morgan fingerprint density at radius 1 is 1.21 bits per heavy atom. The minimum absolute atomic E-state index is 0.0231. The molecule has 7 heteroatoms. The van der Waals surface area contributed by atoms with E-state index >= 15 is 0 Å². The average molecular weight is 397 g/mol. The second kappa shape index (κ2) is 7.46. The molecule has 1 amide bonds. The summed E-state index contributed by atoms with van der Waals surface area (Å²) in [6, 6.07) is 9.58. The Labute approximate surface area is 170 Å². The van der Waals surface area contributed by atoms with Gasteiger partial charge < -0.3 is 10.1 Å². The van der Waals surface area contributed by atoms with Gasteiger partial charge in [0.15, 0.2) is 0 Å². The number of hydrogen-bond donors (Lipinski definition) is 1. The number of carbonyl (C=O) groups is 1. The summed E-state index contributed by atoms with van der Waals surface area (Å²) in [5.41, 5.74) is 3.39. The van der Waals surface area contributed by atoms with E-state index in [-0.39, 0.29) is 11.1 Å². The van der Waals surface area contributed by atoms with Crippen LogP contribution in [0.1, 0.15) is 50.6 Å². The minimum atomic E-state index is -0.523. The van der Waals surface area contributed by atoms with Gasteiger partial charge in [-0.3, -0.25) is 15.1 Å². The minimum Gasteiger partial charge on any atom is -0.444 e. The highest BCUT2D eigenvalue weighted by atomic mass is 16.6. The fourth-order valence-corrected chi connectivity index (χ4v) is 3.47. The third kappa shape index (κ3) is 4.72. The normalized spacial score (nSPS) is 14.9. The fourth-order valence-electron chi connectivity index (χ4n) is 3.47. The Hall–Kier alpha value is -2.96. The van der Waals surface area contributed by atoms with E-state index in [2.05, 4.69) is 10.3 Å². The van der Waals surface area contributed by atoms with Gasteiger partial charge in [-0.2, -0.15) is 0 Å². The highest BCUT2D eigenvalue weighted by Crippen LogP contribution is 2.48. The first-order chi connectivity index (χ1) is 13.5. The van der Waals surface area contributed by atoms with Gasteiger partial charge >= 0.3 is 6.09 Å². The first-order valence-corrected chi connectivity index (χ1v) is 9.71. The number of hydrogen-bond acceptors (Lipinski definition) is 5. The molecule has 0 saturated heterocycles. The molecule has 154 valence electrons. The van der Waals surface area contributed by atoms with Crippen LogP contribution in [0.25, 0.3) is 11.1 Å². The summed E-state index contributed by atoms with van der Waals surface area (Å²) in [4.78, 5) is 27.1. The zero-order chi connectivity index (χ0) is 21.4. The van der Waals surface area contributed by atoms with E-state index < -0.39 is 16.6 Å². The van der Waals surface area contributed by atoms with Gasteiger partial charge in [-0.1, -0.05) is 24.3 Å². The summed E-state index contributed by atoms with van der Waals surface area (Å²) < 4.78 is 5.31. The maximum absolute atomic E-state index is 12.0. The van der Waals surface area contributed by atoms with Gasteiger partial charge in [0.1, 0.15) is 11.3 Å². The maximum Gasteiger partial charge on any atom is 0.407 e.